The number of H-pyrrole nitrogens is 1. The zero-order chi connectivity index (χ0) is 17.6. The summed E-state index contributed by atoms with van der Waals surface area (Å²) in [4.78, 5) is 27.2. The number of hydrogen-bond donors (Lipinski definition) is 4. The van der Waals surface area contributed by atoms with E-state index in [2.05, 4.69) is 27.9 Å². The maximum absolute atomic E-state index is 12.2. The van der Waals surface area contributed by atoms with Gasteiger partial charge in [0.2, 0.25) is 0 Å². The molecule has 1 aromatic carbocycles. The van der Waals surface area contributed by atoms with Crippen molar-refractivity contribution in [1.29, 1.82) is 0 Å². The van der Waals surface area contributed by atoms with E-state index in [4.69, 9.17) is 0 Å². The van der Waals surface area contributed by atoms with Crippen molar-refractivity contribution in [2.24, 2.45) is 0 Å². The molecule has 4 N–H and O–H groups in total. The van der Waals surface area contributed by atoms with Gasteiger partial charge in [0.15, 0.2) is 0 Å². The topological polar surface area (TPSA) is 86.0 Å². The molecule has 0 fully saturated rings. The van der Waals surface area contributed by atoms with Crippen molar-refractivity contribution in [3.63, 3.8) is 0 Å². The second kappa shape index (κ2) is 7.70. The molecular formula is C19H22N4O2. The van der Waals surface area contributed by atoms with Crippen LogP contribution < -0.4 is 16.0 Å². The fraction of sp³-hybridized carbons (Fsp3) is 0.263. The molecule has 6 nitrogen and oxygen atoms in total. The van der Waals surface area contributed by atoms with Crippen molar-refractivity contribution in [3.8, 4) is 0 Å². The summed E-state index contributed by atoms with van der Waals surface area (Å²) in [6.45, 7) is 2.78. The van der Waals surface area contributed by atoms with Gasteiger partial charge in [-0.05, 0) is 36.8 Å². The first-order chi connectivity index (χ1) is 12.2. The number of unbranched alkanes of at least 4 members (excludes halogenated alkanes) is 2. The lowest BCUT2D eigenvalue weighted by atomic mass is 10.1. The number of benzene rings is 1. The van der Waals surface area contributed by atoms with Crippen LogP contribution in [0.25, 0.3) is 11.6 Å². The Bertz CT molecular complexity index is 794. The molecule has 0 spiro atoms. The Labute approximate surface area is 146 Å². The first kappa shape index (κ1) is 16.8. The number of amides is 3. The van der Waals surface area contributed by atoms with Gasteiger partial charge in [-0.2, -0.15) is 0 Å². The average molecular weight is 338 g/mol. The van der Waals surface area contributed by atoms with Crippen molar-refractivity contribution in [3.05, 3.63) is 47.8 Å². The number of fused-ring (bicyclic) bond motifs is 1. The van der Waals surface area contributed by atoms with E-state index in [1.54, 1.807) is 12.1 Å². The van der Waals surface area contributed by atoms with E-state index in [0.29, 0.717) is 23.5 Å². The van der Waals surface area contributed by atoms with Gasteiger partial charge >= 0.3 is 6.03 Å². The molecule has 0 saturated heterocycles. The lowest BCUT2D eigenvalue weighted by Gasteiger charge is -2.08. The SMILES string of the molecule is CCCCCNC(=O)Nc1ccc2c(c1)NC(=O)C2=Cc1ccc[nH]1. The summed E-state index contributed by atoms with van der Waals surface area (Å²) in [5, 5.41) is 8.47. The normalized spacial score (nSPS) is 14.3. The molecule has 3 rings (SSSR count). The van der Waals surface area contributed by atoms with Gasteiger partial charge in [-0.25, -0.2) is 4.79 Å². The molecule has 0 saturated carbocycles. The lowest BCUT2D eigenvalue weighted by molar-refractivity contribution is -0.110. The molecular weight excluding hydrogens is 316 g/mol. The van der Waals surface area contributed by atoms with Gasteiger partial charge in [-0.1, -0.05) is 25.8 Å². The van der Waals surface area contributed by atoms with Crippen LogP contribution in [0, 0.1) is 0 Å². The first-order valence-corrected chi connectivity index (χ1v) is 8.53. The van der Waals surface area contributed by atoms with Crippen LogP contribution in [-0.2, 0) is 4.79 Å². The molecule has 0 atom stereocenters. The summed E-state index contributed by atoms with van der Waals surface area (Å²) in [5.41, 5.74) is 3.65. The Balaban J connectivity index is 1.68. The lowest BCUT2D eigenvalue weighted by Crippen LogP contribution is -2.29. The van der Waals surface area contributed by atoms with Crippen molar-refractivity contribution < 1.29 is 9.59 Å². The van der Waals surface area contributed by atoms with Gasteiger partial charge in [0.25, 0.3) is 5.91 Å². The molecule has 0 aliphatic carbocycles. The summed E-state index contributed by atoms with van der Waals surface area (Å²) in [6, 6.07) is 8.96. The molecule has 0 unspecified atom stereocenters. The first-order valence-electron chi connectivity index (χ1n) is 8.53. The Hall–Kier alpha value is -3.02. The third-order valence-electron chi connectivity index (χ3n) is 4.05. The molecule has 0 bridgehead atoms. The van der Waals surface area contributed by atoms with E-state index in [1.165, 1.54) is 0 Å². The third kappa shape index (κ3) is 4.09. The molecule has 2 heterocycles. The smallest absolute Gasteiger partial charge is 0.319 e. The van der Waals surface area contributed by atoms with Gasteiger partial charge in [-0.3, -0.25) is 4.79 Å². The molecule has 0 radical (unpaired) electrons. The maximum atomic E-state index is 12.2. The van der Waals surface area contributed by atoms with Gasteiger partial charge in [-0.15, -0.1) is 0 Å². The van der Waals surface area contributed by atoms with E-state index >= 15 is 0 Å². The summed E-state index contributed by atoms with van der Waals surface area (Å²) in [5.74, 6) is -0.147. The number of rotatable bonds is 6. The van der Waals surface area contributed by atoms with Crippen molar-refractivity contribution in [2.45, 2.75) is 26.2 Å². The summed E-state index contributed by atoms with van der Waals surface area (Å²) < 4.78 is 0. The minimum absolute atomic E-state index is 0.147. The Morgan fingerprint density at radius 3 is 2.88 bits per heavy atom. The number of carbonyl (C=O) groups is 2. The Morgan fingerprint density at radius 2 is 2.12 bits per heavy atom. The van der Waals surface area contributed by atoms with Crippen LogP contribution in [0.3, 0.4) is 0 Å². The van der Waals surface area contributed by atoms with Gasteiger partial charge < -0.3 is 20.9 Å². The maximum Gasteiger partial charge on any atom is 0.319 e. The highest BCUT2D eigenvalue weighted by Gasteiger charge is 2.24. The molecule has 130 valence electrons. The van der Waals surface area contributed by atoms with Crippen LogP contribution in [0.5, 0.6) is 0 Å². The van der Waals surface area contributed by atoms with E-state index < -0.39 is 0 Å². The number of nitrogens with one attached hydrogen (secondary N) is 4. The van der Waals surface area contributed by atoms with Gasteiger partial charge in [0.05, 0.1) is 11.3 Å². The highest BCUT2D eigenvalue weighted by molar-refractivity contribution is 6.35. The van der Waals surface area contributed by atoms with Crippen molar-refractivity contribution in [2.75, 3.05) is 17.2 Å². The van der Waals surface area contributed by atoms with Crippen LogP contribution >= 0.6 is 0 Å². The number of hydrogen-bond acceptors (Lipinski definition) is 2. The molecule has 3 amide bonds. The molecule has 6 heteroatoms. The number of carbonyl (C=O) groups excluding carboxylic acids is 2. The van der Waals surface area contributed by atoms with Crippen LogP contribution in [0.15, 0.2) is 36.5 Å². The molecule has 1 aromatic heterocycles. The minimum Gasteiger partial charge on any atom is -0.362 e. The standard InChI is InChI=1S/C19H22N4O2/c1-2-3-4-9-21-19(25)22-14-7-8-15-16(11-13-6-5-10-20-13)18(24)23-17(15)12-14/h5-8,10-12,20H,2-4,9H2,1H3,(H,23,24)(H2,21,22,25). The zero-order valence-electron chi connectivity index (χ0n) is 14.2. The fourth-order valence-corrected chi connectivity index (χ4v) is 2.76. The number of anilines is 2. The predicted octanol–water partition coefficient (Wildman–Crippen LogP) is 3.82. The second-order valence-corrected chi connectivity index (χ2v) is 5.99. The molecule has 1 aliphatic heterocycles. The second-order valence-electron chi connectivity index (χ2n) is 5.99. The zero-order valence-corrected chi connectivity index (χ0v) is 14.2. The molecule has 2 aromatic rings. The van der Waals surface area contributed by atoms with Gasteiger partial charge in [0.1, 0.15) is 0 Å². The highest BCUT2D eigenvalue weighted by atomic mass is 16.2. The van der Waals surface area contributed by atoms with Crippen LogP contribution in [0.4, 0.5) is 16.2 Å². The largest absolute Gasteiger partial charge is 0.362 e. The number of aromatic amines is 1. The number of urea groups is 1. The van der Waals surface area contributed by atoms with E-state index in [-0.39, 0.29) is 11.9 Å². The molecule has 25 heavy (non-hydrogen) atoms. The summed E-state index contributed by atoms with van der Waals surface area (Å²) >= 11 is 0. The minimum atomic E-state index is -0.234. The van der Waals surface area contributed by atoms with Crippen LogP contribution in [-0.4, -0.2) is 23.5 Å². The Morgan fingerprint density at radius 1 is 1.24 bits per heavy atom. The average Bonchev–Trinajstić information content (AvgIpc) is 3.20. The van der Waals surface area contributed by atoms with Crippen molar-refractivity contribution >= 4 is 35.0 Å². The van der Waals surface area contributed by atoms with Crippen LogP contribution in [0.2, 0.25) is 0 Å². The van der Waals surface area contributed by atoms with Gasteiger partial charge in [0, 0.05) is 29.7 Å². The summed E-state index contributed by atoms with van der Waals surface area (Å²) in [6.07, 6.45) is 6.81. The van der Waals surface area contributed by atoms with Crippen molar-refractivity contribution in [1.82, 2.24) is 10.3 Å². The van der Waals surface area contributed by atoms with E-state index in [9.17, 15) is 9.59 Å². The summed E-state index contributed by atoms with van der Waals surface area (Å²) in [7, 11) is 0. The Kier molecular flexibility index (Phi) is 5.18. The monoisotopic (exact) mass is 338 g/mol. The van der Waals surface area contributed by atoms with Crippen LogP contribution in [0.1, 0.15) is 37.4 Å². The predicted molar refractivity (Wildman–Crippen MR) is 100 cm³/mol. The molecule has 1 aliphatic rings. The van der Waals surface area contributed by atoms with E-state index in [0.717, 1.165) is 30.5 Å². The third-order valence-corrected chi connectivity index (χ3v) is 4.05. The quantitative estimate of drug-likeness (QED) is 0.477. The highest BCUT2D eigenvalue weighted by Crippen LogP contribution is 2.34. The number of aromatic nitrogens is 1. The fourth-order valence-electron chi connectivity index (χ4n) is 2.76. The van der Waals surface area contributed by atoms with E-state index in [1.807, 2.05) is 30.5 Å².